The standard InChI is InChI=1S/C29H47N5O5/c1-28(2,3)33-27(39)32-21(17-12-7-6-8-13-17)26(38)34-15-18-20(29(18,4)5)22(34)25(37)31-19(23(35)24(30)36)14-16-10-9-11-16/h16-22H,6-15H2,1-5H3,(H2,30,36)(H,31,37)(H2,32,33,39)/t18?,19?,20?,21-,22-/m0/s1. The first-order chi connectivity index (χ1) is 18.2. The van der Waals surface area contributed by atoms with Gasteiger partial charge in [-0.15, -0.1) is 0 Å². The van der Waals surface area contributed by atoms with Crippen LogP contribution in [-0.2, 0) is 19.2 Å². The van der Waals surface area contributed by atoms with Crippen molar-refractivity contribution in [3.63, 3.8) is 0 Å². The average Bonchev–Trinajstić information content (AvgIpc) is 3.15. The van der Waals surface area contributed by atoms with E-state index in [-0.39, 0.29) is 35.0 Å². The predicted molar refractivity (Wildman–Crippen MR) is 146 cm³/mol. The minimum atomic E-state index is -1.06. The van der Waals surface area contributed by atoms with Gasteiger partial charge in [0, 0.05) is 12.1 Å². The normalized spacial score (nSPS) is 27.9. The van der Waals surface area contributed by atoms with Gasteiger partial charge >= 0.3 is 6.03 Å². The van der Waals surface area contributed by atoms with E-state index in [1.807, 2.05) is 20.8 Å². The van der Waals surface area contributed by atoms with Crippen LogP contribution in [0.3, 0.4) is 0 Å². The molecule has 0 aromatic rings. The number of carbonyl (C=O) groups excluding carboxylic acids is 5. The van der Waals surface area contributed by atoms with Crippen molar-refractivity contribution in [3.05, 3.63) is 0 Å². The lowest BCUT2D eigenvalue weighted by atomic mass is 9.80. The highest BCUT2D eigenvalue weighted by Crippen LogP contribution is 2.65. The second-order valence-electron chi connectivity index (χ2n) is 13.9. The largest absolute Gasteiger partial charge is 0.363 e. The van der Waals surface area contributed by atoms with Crippen molar-refractivity contribution >= 4 is 29.5 Å². The SMILES string of the molecule is CC(C)(C)NC(=O)N[C@H](C(=O)N1CC2C([C@H]1C(=O)NC(CC1CCC1)C(=O)C(N)=O)C2(C)C)C1CCCCC1. The van der Waals surface area contributed by atoms with Gasteiger partial charge in [-0.1, -0.05) is 52.4 Å². The highest BCUT2D eigenvalue weighted by molar-refractivity contribution is 6.37. The predicted octanol–water partition coefficient (Wildman–Crippen LogP) is 2.25. The number of primary amides is 1. The summed E-state index contributed by atoms with van der Waals surface area (Å²) in [6, 6.07) is -2.88. The van der Waals surface area contributed by atoms with Crippen LogP contribution in [0.1, 0.15) is 92.4 Å². The van der Waals surface area contributed by atoms with Gasteiger partial charge in [0.05, 0.1) is 6.04 Å². The van der Waals surface area contributed by atoms with Gasteiger partial charge in [-0.3, -0.25) is 19.2 Å². The maximum absolute atomic E-state index is 14.2. The number of hydrogen-bond donors (Lipinski definition) is 4. The van der Waals surface area contributed by atoms with E-state index >= 15 is 0 Å². The number of nitrogens with one attached hydrogen (secondary N) is 3. The topological polar surface area (TPSA) is 151 Å². The number of fused-ring (bicyclic) bond motifs is 1. The molecule has 1 heterocycles. The Bertz CT molecular complexity index is 995. The fraction of sp³-hybridized carbons (Fsp3) is 0.828. The molecule has 3 aliphatic carbocycles. The van der Waals surface area contributed by atoms with Crippen LogP contribution in [-0.4, -0.2) is 64.6 Å². The maximum Gasteiger partial charge on any atom is 0.315 e. The van der Waals surface area contributed by atoms with Gasteiger partial charge in [-0.05, 0) is 69.1 Å². The van der Waals surface area contributed by atoms with Crippen LogP contribution < -0.4 is 21.7 Å². The number of nitrogens with two attached hydrogens (primary N) is 1. The van der Waals surface area contributed by atoms with Gasteiger partial charge < -0.3 is 26.6 Å². The highest BCUT2D eigenvalue weighted by Gasteiger charge is 2.69. The summed E-state index contributed by atoms with van der Waals surface area (Å²) in [5.74, 6) is -2.14. The third kappa shape index (κ3) is 6.40. The molecule has 0 bridgehead atoms. The number of amides is 5. The molecule has 0 radical (unpaired) electrons. The van der Waals surface area contributed by atoms with E-state index in [1.165, 1.54) is 0 Å². The summed E-state index contributed by atoms with van der Waals surface area (Å²) in [5.41, 5.74) is 4.74. The van der Waals surface area contributed by atoms with Crippen molar-refractivity contribution in [3.8, 4) is 0 Å². The van der Waals surface area contributed by atoms with Crippen LogP contribution in [0.4, 0.5) is 4.79 Å². The average molecular weight is 546 g/mol. The number of Topliss-reactive ketones (excluding diaryl/α,β-unsaturated/α-hetero) is 1. The molecule has 4 fully saturated rings. The molecule has 10 heteroatoms. The lowest BCUT2D eigenvalue weighted by Gasteiger charge is -2.37. The zero-order valence-corrected chi connectivity index (χ0v) is 24.2. The van der Waals surface area contributed by atoms with E-state index in [0.29, 0.717) is 13.0 Å². The van der Waals surface area contributed by atoms with E-state index < -0.39 is 47.3 Å². The summed E-state index contributed by atoms with van der Waals surface area (Å²) in [6.07, 6.45) is 8.13. The fourth-order valence-electron chi connectivity index (χ4n) is 7.08. The molecule has 1 saturated heterocycles. The van der Waals surface area contributed by atoms with Crippen LogP contribution in [0.2, 0.25) is 0 Å². The number of carbonyl (C=O) groups is 5. The van der Waals surface area contributed by atoms with Crippen molar-refractivity contribution in [2.24, 2.45) is 34.8 Å². The fourth-order valence-corrected chi connectivity index (χ4v) is 7.08. The van der Waals surface area contributed by atoms with E-state index in [9.17, 15) is 24.0 Å². The zero-order valence-electron chi connectivity index (χ0n) is 24.2. The third-order valence-electron chi connectivity index (χ3n) is 9.59. The molecule has 10 nitrogen and oxygen atoms in total. The minimum absolute atomic E-state index is 0.00609. The number of ketones is 1. The van der Waals surface area contributed by atoms with Gasteiger partial charge in [0.2, 0.25) is 17.6 Å². The first-order valence-corrected chi connectivity index (χ1v) is 14.7. The lowest BCUT2D eigenvalue weighted by molar-refractivity contribution is -0.144. The summed E-state index contributed by atoms with van der Waals surface area (Å²) in [5, 5.41) is 8.68. The summed E-state index contributed by atoms with van der Waals surface area (Å²) in [6.45, 7) is 10.3. The molecule has 3 unspecified atom stereocenters. The van der Waals surface area contributed by atoms with Crippen molar-refractivity contribution in [2.75, 3.05) is 6.54 Å². The molecule has 0 aromatic carbocycles. The van der Waals surface area contributed by atoms with E-state index in [1.54, 1.807) is 4.90 Å². The molecular formula is C29H47N5O5. The Morgan fingerprint density at radius 3 is 2.13 bits per heavy atom. The Labute approximate surface area is 231 Å². The van der Waals surface area contributed by atoms with Crippen molar-refractivity contribution in [1.82, 2.24) is 20.9 Å². The van der Waals surface area contributed by atoms with Crippen LogP contribution in [0.25, 0.3) is 0 Å². The molecule has 5 atom stereocenters. The molecule has 218 valence electrons. The molecule has 3 saturated carbocycles. The molecular weight excluding hydrogens is 498 g/mol. The summed E-state index contributed by atoms with van der Waals surface area (Å²) < 4.78 is 0. The maximum atomic E-state index is 14.2. The minimum Gasteiger partial charge on any atom is -0.363 e. The Hall–Kier alpha value is -2.65. The van der Waals surface area contributed by atoms with E-state index in [0.717, 1.165) is 51.4 Å². The van der Waals surface area contributed by atoms with Crippen LogP contribution in [0.5, 0.6) is 0 Å². The molecule has 0 aromatic heterocycles. The van der Waals surface area contributed by atoms with Gasteiger partial charge in [-0.2, -0.15) is 0 Å². The molecule has 5 N–H and O–H groups in total. The van der Waals surface area contributed by atoms with Gasteiger partial charge in [-0.25, -0.2) is 4.79 Å². The number of piperidine rings is 1. The molecule has 4 aliphatic rings. The highest BCUT2D eigenvalue weighted by atomic mass is 16.2. The second-order valence-corrected chi connectivity index (χ2v) is 13.9. The number of urea groups is 1. The van der Waals surface area contributed by atoms with E-state index in [4.69, 9.17) is 5.73 Å². The Morgan fingerprint density at radius 1 is 0.949 bits per heavy atom. The summed E-state index contributed by atoms with van der Waals surface area (Å²) in [7, 11) is 0. The molecule has 5 amide bonds. The zero-order chi connectivity index (χ0) is 28.7. The Kier molecular flexibility index (Phi) is 8.34. The van der Waals surface area contributed by atoms with E-state index in [2.05, 4.69) is 29.8 Å². The third-order valence-corrected chi connectivity index (χ3v) is 9.59. The summed E-state index contributed by atoms with van der Waals surface area (Å²) in [4.78, 5) is 66.9. The van der Waals surface area contributed by atoms with Crippen molar-refractivity contribution < 1.29 is 24.0 Å². The van der Waals surface area contributed by atoms with Crippen molar-refractivity contribution in [2.45, 2.75) is 116 Å². The first-order valence-electron chi connectivity index (χ1n) is 14.7. The summed E-state index contributed by atoms with van der Waals surface area (Å²) >= 11 is 0. The number of likely N-dealkylation sites (tertiary alicyclic amines) is 1. The quantitative estimate of drug-likeness (QED) is 0.328. The number of nitrogens with zero attached hydrogens (tertiary/aromatic N) is 1. The Balaban J connectivity index is 1.55. The Morgan fingerprint density at radius 2 is 1.59 bits per heavy atom. The van der Waals surface area contributed by atoms with Crippen LogP contribution in [0.15, 0.2) is 0 Å². The molecule has 1 aliphatic heterocycles. The number of rotatable bonds is 9. The van der Waals surface area contributed by atoms with Crippen LogP contribution in [0, 0.1) is 29.1 Å². The van der Waals surface area contributed by atoms with Gasteiger partial charge in [0.25, 0.3) is 5.91 Å². The molecule has 39 heavy (non-hydrogen) atoms. The monoisotopic (exact) mass is 545 g/mol. The molecule has 4 rings (SSSR count). The first kappa shape index (κ1) is 29.3. The van der Waals surface area contributed by atoms with Gasteiger partial charge in [0.15, 0.2) is 0 Å². The van der Waals surface area contributed by atoms with Crippen molar-refractivity contribution in [1.29, 1.82) is 0 Å². The molecule has 0 spiro atoms. The van der Waals surface area contributed by atoms with Crippen LogP contribution >= 0.6 is 0 Å². The number of hydrogen-bond acceptors (Lipinski definition) is 5. The lowest BCUT2D eigenvalue weighted by Crippen LogP contribution is -2.61. The van der Waals surface area contributed by atoms with Gasteiger partial charge in [0.1, 0.15) is 12.1 Å². The smallest absolute Gasteiger partial charge is 0.315 e. The second kappa shape index (κ2) is 11.1.